The summed E-state index contributed by atoms with van der Waals surface area (Å²) in [4.78, 5) is 24.9. The third kappa shape index (κ3) is 4.82. The summed E-state index contributed by atoms with van der Waals surface area (Å²) in [5, 5.41) is 1.45. The number of thioether (sulfide) groups is 1. The zero-order chi connectivity index (χ0) is 21.7. The van der Waals surface area contributed by atoms with Gasteiger partial charge in [-0.1, -0.05) is 68.1 Å². The molecular weight excluding hydrogens is 401 g/mol. The number of benzene rings is 3. The molecule has 156 valence electrons. The van der Waals surface area contributed by atoms with Gasteiger partial charge in [-0.25, -0.2) is 4.39 Å². The summed E-state index contributed by atoms with van der Waals surface area (Å²) in [7, 11) is 1.51. The van der Waals surface area contributed by atoms with Crippen molar-refractivity contribution in [3.05, 3.63) is 77.6 Å². The van der Waals surface area contributed by atoms with E-state index >= 15 is 0 Å². The summed E-state index contributed by atoms with van der Waals surface area (Å²) in [6.07, 6.45) is 0.515. The zero-order valence-electron chi connectivity index (χ0n) is 17.2. The molecule has 0 bridgehead atoms. The molecule has 30 heavy (non-hydrogen) atoms. The molecule has 1 heterocycles. The Morgan fingerprint density at radius 3 is 2.40 bits per heavy atom. The Morgan fingerprint density at radius 1 is 1.00 bits per heavy atom. The molecule has 0 spiro atoms. The topological polar surface area (TPSA) is 46.6 Å². The first-order chi connectivity index (χ1) is 14.5. The number of halogens is 1. The van der Waals surface area contributed by atoms with Gasteiger partial charge in [0.2, 0.25) is 5.91 Å². The van der Waals surface area contributed by atoms with Crippen LogP contribution in [0.1, 0.15) is 25.0 Å². The molecule has 1 atom stereocenters. The lowest BCUT2D eigenvalue weighted by Crippen LogP contribution is -2.28. The molecule has 2 amide bonds. The molecule has 4 rings (SSSR count). The van der Waals surface area contributed by atoms with Gasteiger partial charge in [0.05, 0.1) is 5.25 Å². The van der Waals surface area contributed by atoms with Crippen molar-refractivity contribution in [3.63, 3.8) is 0 Å². The first-order valence-electron chi connectivity index (χ1n) is 9.88. The smallest absolute Gasteiger partial charge is 0.288 e. The molecule has 1 unspecified atom stereocenters. The maximum absolute atomic E-state index is 13.7. The summed E-state index contributed by atoms with van der Waals surface area (Å²) in [5.74, 6) is 0.237. The minimum atomic E-state index is -0.363. The Balaban J connectivity index is 0.00000124. The Hall–Kier alpha value is -2.86. The van der Waals surface area contributed by atoms with E-state index in [2.05, 4.69) is 0 Å². The predicted octanol–water partition coefficient (Wildman–Crippen LogP) is 5.82. The van der Waals surface area contributed by atoms with Crippen molar-refractivity contribution < 1.29 is 18.7 Å². The van der Waals surface area contributed by atoms with Crippen LogP contribution < -0.4 is 4.74 Å². The maximum atomic E-state index is 13.7. The minimum absolute atomic E-state index is 0.146. The molecule has 1 aliphatic rings. The average molecular weight is 426 g/mol. The van der Waals surface area contributed by atoms with Crippen molar-refractivity contribution in [1.82, 2.24) is 4.90 Å². The second-order valence-corrected chi connectivity index (χ2v) is 7.85. The number of rotatable bonds is 5. The van der Waals surface area contributed by atoms with Gasteiger partial charge in [-0.05, 0) is 41.0 Å². The highest BCUT2D eigenvalue weighted by Crippen LogP contribution is 2.30. The Morgan fingerprint density at radius 2 is 1.70 bits per heavy atom. The van der Waals surface area contributed by atoms with Gasteiger partial charge in [0.25, 0.3) is 5.24 Å². The predicted molar refractivity (Wildman–Crippen MR) is 119 cm³/mol. The highest BCUT2D eigenvalue weighted by atomic mass is 32.2. The van der Waals surface area contributed by atoms with Crippen LogP contribution in [-0.4, -0.2) is 28.3 Å². The van der Waals surface area contributed by atoms with Crippen molar-refractivity contribution in [2.75, 3.05) is 7.05 Å². The van der Waals surface area contributed by atoms with Crippen molar-refractivity contribution in [3.8, 4) is 5.75 Å². The summed E-state index contributed by atoms with van der Waals surface area (Å²) in [5.41, 5.74) is 1.51. The largest absolute Gasteiger partial charge is 0.489 e. The van der Waals surface area contributed by atoms with Crippen LogP contribution in [0.15, 0.2) is 60.7 Å². The van der Waals surface area contributed by atoms with Gasteiger partial charge in [-0.3, -0.25) is 14.5 Å². The second kappa shape index (κ2) is 9.76. The molecule has 3 aromatic rings. The van der Waals surface area contributed by atoms with E-state index in [-0.39, 0.29) is 28.8 Å². The molecule has 0 radical (unpaired) electrons. The van der Waals surface area contributed by atoms with Gasteiger partial charge in [0, 0.05) is 12.6 Å². The lowest BCUT2D eigenvalue weighted by molar-refractivity contribution is -0.125. The van der Waals surface area contributed by atoms with Crippen LogP contribution in [0.4, 0.5) is 9.18 Å². The van der Waals surface area contributed by atoms with E-state index in [9.17, 15) is 14.0 Å². The van der Waals surface area contributed by atoms with Gasteiger partial charge >= 0.3 is 0 Å². The Labute approximate surface area is 180 Å². The molecule has 0 N–H and O–H groups in total. The van der Waals surface area contributed by atoms with Gasteiger partial charge < -0.3 is 4.74 Å². The third-order valence-corrected chi connectivity index (χ3v) is 5.90. The van der Waals surface area contributed by atoms with Crippen LogP contribution in [0.25, 0.3) is 10.8 Å². The van der Waals surface area contributed by atoms with Crippen LogP contribution >= 0.6 is 11.8 Å². The van der Waals surface area contributed by atoms with Crippen molar-refractivity contribution in [1.29, 1.82) is 0 Å². The number of carbonyl (C=O) groups is 2. The molecule has 3 aromatic carbocycles. The fourth-order valence-electron chi connectivity index (χ4n) is 3.17. The fraction of sp³-hybridized carbons (Fsp3) is 0.250. The lowest BCUT2D eigenvalue weighted by Gasteiger charge is -2.10. The van der Waals surface area contributed by atoms with E-state index in [0.29, 0.717) is 17.7 Å². The van der Waals surface area contributed by atoms with Crippen molar-refractivity contribution in [2.45, 2.75) is 32.1 Å². The lowest BCUT2D eigenvalue weighted by atomic mass is 10.0. The van der Waals surface area contributed by atoms with E-state index in [1.165, 1.54) is 18.0 Å². The highest BCUT2D eigenvalue weighted by Gasteiger charge is 2.36. The van der Waals surface area contributed by atoms with Crippen LogP contribution in [0, 0.1) is 5.82 Å². The molecule has 0 saturated carbocycles. The van der Waals surface area contributed by atoms with Gasteiger partial charge in [0.15, 0.2) is 0 Å². The fourth-order valence-corrected chi connectivity index (χ4v) is 4.19. The molecular formula is C24H24FNO3S. The Kier molecular flexibility index (Phi) is 7.11. The summed E-state index contributed by atoms with van der Waals surface area (Å²) in [6.45, 7) is 4.17. The van der Waals surface area contributed by atoms with E-state index in [1.807, 2.05) is 50.2 Å². The van der Waals surface area contributed by atoms with Crippen molar-refractivity contribution >= 4 is 33.7 Å². The molecule has 6 heteroatoms. The summed E-state index contributed by atoms with van der Waals surface area (Å²) >= 11 is 1.08. The number of amides is 2. The quantitative estimate of drug-likeness (QED) is 0.517. The number of carbonyl (C=O) groups excluding carboxylic acids is 2. The number of hydrogen-bond donors (Lipinski definition) is 0. The van der Waals surface area contributed by atoms with Crippen LogP contribution in [0.2, 0.25) is 0 Å². The maximum Gasteiger partial charge on any atom is 0.288 e. The molecule has 1 aliphatic heterocycles. The molecule has 4 nitrogen and oxygen atoms in total. The number of fused-ring (bicyclic) bond motifs is 1. The highest BCUT2D eigenvalue weighted by molar-refractivity contribution is 8.15. The molecule has 1 fully saturated rings. The van der Waals surface area contributed by atoms with E-state index in [0.717, 1.165) is 28.1 Å². The van der Waals surface area contributed by atoms with Crippen LogP contribution in [-0.2, 0) is 17.8 Å². The molecule has 0 aliphatic carbocycles. The molecule has 0 aromatic heterocycles. The Bertz CT molecular complexity index is 1070. The first-order valence-corrected chi connectivity index (χ1v) is 10.8. The first kappa shape index (κ1) is 21.8. The van der Waals surface area contributed by atoms with Gasteiger partial charge in [0.1, 0.15) is 18.2 Å². The van der Waals surface area contributed by atoms with E-state index < -0.39 is 0 Å². The monoisotopic (exact) mass is 425 g/mol. The van der Waals surface area contributed by atoms with E-state index in [1.54, 1.807) is 18.2 Å². The SMILES string of the molecule is CC.CN1C(=O)SC(Cc2ccc3cc(OCc4ccccc4F)ccc3c2)C1=O. The van der Waals surface area contributed by atoms with Crippen LogP contribution in [0.3, 0.4) is 0 Å². The number of imide groups is 1. The zero-order valence-corrected chi connectivity index (χ0v) is 18.0. The second-order valence-electron chi connectivity index (χ2n) is 6.70. The number of ether oxygens (including phenoxy) is 1. The number of hydrogen-bond acceptors (Lipinski definition) is 4. The van der Waals surface area contributed by atoms with Crippen molar-refractivity contribution in [2.24, 2.45) is 0 Å². The number of nitrogens with zero attached hydrogens (tertiary/aromatic N) is 1. The van der Waals surface area contributed by atoms with Crippen LogP contribution in [0.5, 0.6) is 5.75 Å². The van der Waals surface area contributed by atoms with Gasteiger partial charge in [-0.2, -0.15) is 0 Å². The van der Waals surface area contributed by atoms with Gasteiger partial charge in [-0.15, -0.1) is 0 Å². The summed E-state index contributed by atoms with van der Waals surface area (Å²) < 4.78 is 19.4. The summed E-state index contributed by atoms with van der Waals surface area (Å²) in [6, 6.07) is 18.2. The normalized spacial score (nSPS) is 15.9. The molecule has 1 saturated heterocycles. The minimum Gasteiger partial charge on any atom is -0.489 e. The third-order valence-electron chi connectivity index (χ3n) is 4.77. The standard InChI is InChI=1S/C22H18FNO3S.C2H6/c1-24-21(25)20(28-22(24)26)11-14-6-7-16-12-18(9-8-15(16)10-14)27-13-17-4-2-3-5-19(17)23;1-2/h2-10,12,20H,11,13H2,1H3;1-2H3. The van der Waals surface area contributed by atoms with E-state index in [4.69, 9.17) is 4.74 Å². The average Bonchev–Trinajstić information content (AvgIpc) is 3.01.